The molecule has 1 aliphatic heterocycles. The summed E-state index contributed by atoms with van der Waals surface area (Å²) in [6.45, 7) is 8.38. The lowest BCUT2D eigenvalue weighted by molar-refractivity contribution is 0.0788. The topological polar surface area (TPSA) is 51.3 Å². The van der Waals surface area contributed by atoms with Crippen LogP contribution in [0.4, 0.5) is 0 Å². The summed E-state index contributed by atoms with van der Waals surface area (Å²) in [5, 5.41) is 0. The molecule has 2 heterocycles. The molecule has 3 rings (SSSR count). The minimum atomic E-state index is -0.00369. The van der Waals surface area contributed by atoms with Crippen molar-refractivity contribution >= 4 is 18.3 Å². The first-order valence-electron chi connectivity index (χ1n) is 8.29. The zero-order valence-corrected chi connectivity index (χ0v) is 15.3. The first-order valence-corrected chi connectivity index (χ1v) is 8.29. The van der Waals surface area contributed by atoms with E-state index in [-0.39, 0.29) is 30.3 Å². The number of carbonyl (C=O) groups is 1. The van der Waals surface area contributed by atoms with Crippen LogP contribution in [-0.4, -0.2) is 34.5 Å². The summed E-state index contributed by atoms with van der Waals surface area (Å²) < 4.78 is 2.18. The number of hydrogen-bond acceptors (Lipinski definition) is 2. The van der Waals surface area contributed by atoms with Crippen LogP contribution in [0, 0.1) is 13.8 Å². The summed E-state index contributed by atoms with van der Waals surface area (Å²) in [5.41, 5.74) is 10.5. The molecule has 2 aromatic rings. The molecule has 1 aliphatic rings. The normalized spacial score (nSPS) is 20.1. The van der Waals surface area contributed by atoms with Crippen LogP contribution in [0.1, 0.15) is 40.2 Å². The third kappa shape index (κ3) is 3.21. The Hall–Kier alpha value is -1.78. The number of rotatable bonds is 3. The molecule has 5 heteroatoms. The summed E-state index contributed by atoms with van der Waals surface area (Å²) in [4.78, 5) is 14.8. The van der Waals surface area contributed by atoms with Gasteiger partial charge in [0.15, 0.2) is 0 Å². The van der Waals surface area contributed by atoms with Gasteiger partial charge in [0.2, 0.25) is 0 Å². The molecular weight excluding hydrogens is 322 g/mol. The molecule has 1 aromatic heterocycles. The second kappa shape index (κ2) is 7.41. The fraction of sp³-hybridized carbons (Fsp3) is 0.421. The number of benzene rings is 1. The van der Waals surface area contributed by atoms with E-state index >= 15 is 0 Å². The molecule has 24 heavy (non-hydrogen) atoms. The van der Waals surface area contributed by atoms with Crippen LogP contribution in [-0.2, 0) is 6.54 Å². The van der Waals surface area contributed by atoms with Gasteiger partial charge in [-0.1, -0.05) is 30.3 Å². The van der Waals surface area contributed by atoms with Crippen LogP contribution in [0.3, 0.4) is 0 Å². The SMILES string of the molecule is CCn1c(C)cc(C(=O)N2C[C@@H](N)[C@H](c3ccccc3)C2)c1C.Cl. The number of amides is 1. The fourth-order valence-corrected chi connectivity index (χ4v) is 3.72. The van der Waals surface area contributed by atoms with Crippen molar-refractivity contribution in [3.8, 4) is 0 Å². The van der Waals surface area contributed by atoms with Gasteiger partial charge in [0.05, 0.1) is 5.56 Å². The van der Waals surface area contributed by atoms with Crippen LogP contribution >= 0.6 is 12.4 Å². The van der Waals surface area contributed by atoms with Crippen LogP contribution in [0.2, 0.25) is 0 Å². The van der Waals surface area contributed by atoms with Gasteiger partial charge >= 0.3 is 0 Å². The average Bonchev–Trinajstić information content (AvgIpc) is 3.07. The van der Waals surface area contributed by atoms with E-state index in [0.717, 1.165) is 23.5 Å². The largest absolute Gasteiger partial charge is 0.349 e. The first-order chi connectivity index (χ1) is 11.0. The molecular formula is C19H26ClN3O. The lowest BCUT2D eigenvalue weighted by Gasteiger charge is -2.17. The smallest absolute Gasteiger partial charge is 0.255 e. The molecule has 0 radical (unpaired) electrons. The lowest BCUT2D eigenvalue weighted by atomic mass is 9.95. The predicted octanol–water partition coefficient (Wildman–Crippen LogP) is 3.11. The maximum absolute atomic E-state index is 12.9. The molecule has 130 valence electrons. The van der Waals surface area contributed by atoms with E-state index in [1.807, 2.05) is 36.1 Å². The van der Waals surface area contributed by atoms with Gasteiger partial charge in [-0.15, -0.1) is 12.4 Å². The van der Waals surface area contributed by atoms with Gasteiger partial charge in [0.25, 0.3) is 5.91 Å². The number of halogens is 1. The van der Waals surface area contributed by atoms with E-state index in [1.54, 1.807) is 0 Å². The van der Waals surface area contributed by atoms with Gasteiger partial charge in [-0.3, -0.25) is 4.79 Å². The Labute approximate surface area is 150 Å². The van der Waals surface area contributed by atoms with Gasteiger partial charge in [-0.05, 0) is 32.4 Å². The van der Waals surface area contributed by atoms with E-state index < -0.39 is 0 Å². The molecule has 0 aliphatic carbocycles. The second-order valence-corrected chi connectivity index (χ2v) is 6.42. The van der Waals surface area contributed by atoms with Crippen molar-refractivity contribution in [3.05, 3.63) is 58.9 Å². The fourth-order valence-electron chi connectivity index (χ4n) is 3.72. The number of nitrogens with two attached hydrogens (primary N) is 1. The average molecular weight is 348 g/mol. The van der Waals surface area contributed by atoms with Crippen LogP contribution in [0.25, 0.3) is 0 Å². The first kappa shape index (κ1) is 18.6. The van der Waals surface area contributed by atoms with Crippen LogP contribution < -0.4 is 5.73 Å². The van der Waals surface area contributed by atoms with Gasteiger partial charge in [0.1, 0.15) is 0 Å². The molecule has 0 saturated carbocycles. The Bertz CT molecular complexity index is 711. The van der Waals surface area contributed by atoms with E-state index in [0.29, 0.717) is 13.1 Å². The molecule has 2 atom stereocenters. The summed E-state index contributed by atoms with van der Waals surface area (Å²) in [5.74, 6) is 0.321. The Balaban J connectivity index is 0.00000208. The van der Waals surface area contributed by atoms with Crippen molar-refractivity contribution in [2.24, 2.45) is 5.73 Å². The number of carbonyl (C=O) groups excluding carboxylic acids is 1. The Morgan fingerprint density at radius 3 is 2.46 bits per heavy atom. The molecule has 4 nitrogen and oxygen atoms in total. The van der Waals surface area contributed by atoms with Crippen molar-refractivity contribution in [2.75, 3.05) is 13.1 Å². The van der Waals surface area contributed by atoms with Crippen molar-refractivity contribution in [3.63, 3.8) is 0 Å². The summed E-state index contributed by atoms with van der Waals surface area (Å²) in [6.07, 6.45) is 0. The second-order valence-electron chi connectivity index (χ2n) is 6.42. The monoisotopic (exact) mass is 347 g/mol. The van der Waals surface area contributed by atoms with Crippen molar-refractivity contribution in [1.29, 1.82) is 0 Å². The van der Waals surface area contributed by atoms with E-state index in [9.17, 15) is 4.79 Å². The van der Waals surface area contributed by atoms with Gasteiger partial charge in [-0.25, -0.2) is 0 Å². The quantitative estimate of drug-likeness (QED) is 0.927. The third-order valence-electron chi connectivity index (χ3n) is 5.00. The molecule has 1 fully saturated rings. The molecule has 1 amide bonds. The Kier molecular flexibility index (Phi) is 5.73. The highest BCUT2D eigenvalue weighted by molar-refractivity contribution is 5.96. The third-order valence-corrected chi connectivity index (χ3v) is 5.00. The summed E-state index contributed by atoms with van der Waals surface area (Å²) >= 11 is 0. The van der Waals surface area contributed by atoms with E-state index in [4.69, 9.17) is 5.73 Å². The lowest BCUT2D eigenvalue weighted by Crippen LogP contribution is -2.32. The van der Waals surface area contributed by atoms with Crippen LogP contribution in [0.15, 0.2) is 36.4 Å². The molecule has 1 aromatic carbocycles. The van der Waals surface area contributed by atoms with Gasteiger partial charge in [-0.2, -0.15) is 0 Å². The highest BCUT2D eigenvalue weighted by Gasteiger charge is 2.35. The van der Waals surface area contributed by atoms with Gasteiger partial charge < -0.3 is 15.2 Å². The Morgan fingerprint density at radius 1 is 1.21 bits per heavy atom. The Morgan fingerprint density at radius 2 is 1.88 bits per heavy atom. The van der Waals surface area contributed by atoms with Crippen LogP contribution in [0.5, 0.6) is 0 Å². The number of nitrogens with zero attached hydrogens (tertiary/aromatic N) is 2. The van der Waals surface area contributed by atoms with Crippen molar-refractivity contribution in [1.82, 2.24) is 9.47 Å². The standard InChI is InChI=1S/C19H25N3O.ClH/c1-4-22-13(2)10-16(14(22)3)19(23)21-11-17(18(20)12-21)15-8-6-5-7-9-15;/h5-10,17-18H,4,11-12,20H2,1-3H3;1H/t17-,18+;/m0./s1. The highest BCUT2D eigenvalue weighted by atomic mass is 35.5. The van der Waals surface area contributed by atoms with Crippen molar-refractivity contribution in [2.45, 2.75) is 39.3 Å². The molecule has 0 bridgehead atoms. The molecule has 2 N–H and O–H groups in total. The maximum Gasteiger partial charge on any atom is 0.255 e. The zero-order valence-electron chi connectivity index (χ0n) is 14.5. The predicted molar refractivity (Wildman–Crippen MR) is 99.9 cm³/mol. The molecule has 1 saturated heterocycles. The minimum Gasteiger partial charge on any atom is -0.349 e. The summed E-state index contributed by atoms with van der Waals surface area (Å²) in [6, 6.07) is 12.3. The minimum absolute atomic E-state index is 0. The highest BCUT2D eigenvalue weighted by Crippen LogP contribution is 2.28. The number of hydrogen-bond donors (Lipinski definition) is 1. The van der Waals surface area contributed by atoms with Gasteiger partial charge in [0, 0.05) is 43.0 Å². The van der Waals surface area contributed by atoms with E-state index in [2.05, 4.69) is 30.5 Å². The van der Waals surface area contributed by atoms with E-state index in [1.165, 1.54) is 5.56 Å². The number of aromatic nitrogens is 1. The number of aryl methyl sites for hydroxylation is 1. The molecule has 0 unspecified atom stereocenters. The van der Waals surface area contributed by atoms with Crippen molar-refractivity contribution < 1.29 is 4.79 Å². The summed E-state index contributed by atoms with van der Waals surface area (Å²) in [7, 11) is 0. The molecule has 0 spiro atoms. The number of likely N-dealkylation sites (tertiary alicyclic amines) is 1. The zero-order chi connectivity index (χ0) is 16.6. The maximum atomic E-state index is 12.9.